The van der Waals surface area contributed by atoms with Crippen molar-refractivity contribution in [2.45, 2.75) is 79.7 Å². The lowest BCUT2D eigenvalue weighted by Gasteiger charge is -2.47. The molecule has 0 saturated carbocycles. The Kier molecular flexibility index (Phi) is 10.1. The summed E-state index contributed by atoms with van der Waals surface area (Å²) in [6.45, 7) is 16.9. The predicted molar refractivity (Wildman–Crippen MR) is 123 cm³/mol. The summed E-state index contributed by atoms with van der Waals surface area (Å²) in [6, 6.07) is 8.22. The van der Waals surface area contributed by atoms with Gasteiger partial charge in [-0.15, -0.1) is 0 Å². The highest BCUT2D eigenvalue weighted by atomic mass is 31.2. The first kappa shape index (κ1) is 28.3. The molecule has 1 aromatic carbocycles. The van der Waals surface area contributed by atoms with Crippen LogP contribution in [-0.2, 0) is 23.2 Å². The van der Waals surface area contributed by atoms with Gasteiger partial charge in [0.15, 0.2) is 6.10 Å². The first-order valence-corrected chi connectivity index (χ1v) is 12.4. The van der Waals surface area contributed by atoms with E-state index >= 15 is 0 Å². The van der Waals surface area contributed by atoms with Crippen LogP contribution < -0.4 is 4.74 Å². The largest absolute Gasteiger partial charge is 0.425 e. The highest BCUT2D eigenvalue weighted by Crippen LogP contribution is 2.60. The average Bonchev–Trinajstić information content (AvgIpc) is 2.66. The van der Waals surface area contributed by atoms with E-state index in [1.54, 1.807) is 50.1 Å². The lowest BCUT2D eigenvalue weighted by molar-refractivity contribution is -0.261. The molecule has 1 aromatic rings. The number of hydrogen-bond donors (Lipinski definition) is 0. The van der Waals surface area contributed by atoms with Crippen LogP contribution in [0.25, 0.3) is 0 Å². The zero-order valence-electron chi connectivity index (χ0n) is 20.7. The van der Waals surface area contributed by atoms with Crippen molar-refractivity contribution in [3.8, 4) is 11.8 Å². The van der Waals surface area contributed by atoms with Crippen LogP contribution in [0.1, 0.15) is 67.9 Å². The minimum Gasteiger partial charge on any atom is -0.425 e. The summed E-state index contributed by atoms with van der Waals surface area (Å²) in [5.41, 5.74) is -0.766. The molecular formula is C23H37N2O6P. The topological polar surface area (TPSA) is 98.1 Å². The number of esters is 1. The van der Waals surface area contributed by atoms with Crippen molar-refractivity contribution in [3.63, 3.8) is 0 Å². The highest BCUT2D eigenvalue weighted by molar-refractivity contribution is 7.54. The fourth-order valence-corrected chi connectivity index (χ4v) is 5.77. The number of nitrogens with zero attached hydrogens (tertiary/aromatic N) is 2. The fraction of sp³-hybridized carbons (Fsp3) is 0.652. The minimum absolute atomic E-state index is 0.206. The van der Waals surface area contributed by atoms with Gasteiger partial charge in [0.1, 0.15) is 11.5 Å². The van der Waals surface area contributed by atoms with Crippen molar-refractivity contribution in [3.05, 3.63) is 29.8 Å². The molecular weight excluding hydrogens is 431 g/mol. The second-order valence-electron chi connectivity index (χ2n) is 9.42. The summed E-state index contributed by atoms with van der Waals surface area (Å²) in [4.78, 5) is 18.8. The first-order chi connectivity index (χ1) is 14.7. The normalized spacial score (nSPS) is 14.7. The Morgan fingerprint density at radius 3 is 1.94 bits per heavy atom. The van der Waals surface area contributed by atoms with E-state index in [2.05, 4.69) is 0 Å². The molecule has 2 unspecified atom stereocenters. The van der Waals surface area contributed by atoms with Gasteiger partial charge in [-0.2, -0.15) is 10.3 Å². The number of hydrogen-bond acceptors (Lipinski definition) is 8. The number of carbonyl (C=O) groups is 1. The molecule has 0 aliphatic rings. The van der Waals surface area contributed by atoms with Crippen LogP contribution >= 0.6 is 7.60 Å². The van der Waals surface area contributed by atoms with E-state index in [1.165, 1.54) is 0 Å². The molecule has 0 aromatic heterocycles. The smallest absolute Gasteiger partial charge is 0.350 e. The molecule has 180 valence electrons. The average molecular weight is 469 g/mol. The number of benzene rings is 1. The first-order valence-electron chi connectivity index (χ1n) is 10.8. The monoisotopic (exact) mass is 468 g/mol. The predicted octanol–water partition coefficient (Wildman–Crippen LogP) is 5.52. The Labute approximate surface area is 192 Å². The van der Waals surface area contributed by atoms with Crippen LogP contribution in [0.2, 0.25) is 0 Å². The van der Waals surface area contributed by atoms with Gasteiger partial charge < -0.3 is 13.8 Å². The Morgan fingerprint density at radius 2 is 1.56 bits per heavy atom. The van der Waals surface area contributed by atoms with Crippen LogP contribution in [0.3, 0.4) is 0 Å². The van der Waals surface area contributed by atoms with E-state index in [1.807, 2.05) is 47.6 Å². The van der Waals surface area contributed by atoms with E-state index < -0.39 is 36.4 Å². The number of rotatable bonds is 10. The van der Waals surface area contributed by atoms with Gasteiger partial charge in [0, 0.05) is 5.54 Å². The maximum absolute atomic E-state index is 13.8. The van der Waals surface area contributed by atoms with E-state index in [4.69, 9.17) is 23.9 Å². The number of hydroxylamine groups is 2. The molecule has 0 fully saturated rings. The summed E-state index contributed by atoms with van der Waals surface area (Å²) in [6.07, 6.45) is -1.01. The minimum atomic E-state index is -3.65. The fourth-order valence-electron chi connectivity index (χ4n) is 3.09. The van der Waals surface area contributed by atoms with Crippen molar-refractivity contribution in [1.29, 1.82) is 5.26 Å². The van der Waals surface area contributed by atoms with Crippen molar-refractivity contribution in [2.24, 2.45) is 5.41 Å². The van der Waals surface area contributed by atoms with Crippen molar-refractivity contribution >= 4 is 13.6 Å². The molecule has 8 nitrogen and oxygen atoms in total. The zero-order chi connectivity index (χ0) is 24.7. The lowest BCUT2D eigenvalue weighted by atomic mass is 9.94. The molecule has 0 amide bonds. The highest BCUT2D eigenvalue weighted by Gasteiger charge is 2.52. The van der Waals surface area contributed by atoms with Gasteiger partial charge in [-0.25, -0.2) is 4.79 Å². The van der Waals surface area contributed by atoms with Gasteiger partial charge in [-0.1, -0.05) is 20.8 Å². The Bertz CT molecular complexity index is 826. The quantitative estimate of drug-likeness (QED) is 0.192. The lowest BCUT2D eigenvalue weighted by Crippen LogP contribution is -2.55. The van der Waals surface area contributed by atoms with Crippen molar-refractivity contribution < 1.29 is 28.0 Å². The van der Waals surface area contributed by atoms with Crippen LogP contribution in [-0.4, -0.2) is 41.7 Å². The Balaban J connectivity index is 3.24. The second kappa shape index (κ2) is 11.4. The molecule has 0 radical (unpaired) electrons. The van der Waals surface area contributed by atoms with Gasteiger partial charge >= 0.3 is 13.6 Å². The van der Waals surface area contributed by atoms with E-state index in [0.717, 1.165) is 0 Å². The van der Waals surface area contributed by atoms with Crippen LogP contribution in [0.15, 0.2) is 24.3 Å². The van der Waals surface area contributed by atoms with Gasteiger partial charge in [-0.05, 0) is 71.2 Å². The molecule has 2 atom stereocenters. The van der Waals surface area contributed by atoms with Gasteiger partial charge in [0.05, 0.1) is 24.8 Å². The Hall–Kier alpha value is -1.75. The molecule has 9 heteroatoms. The van der Waals surface area contributed by atoms with Crippen LogP contribution in [0.5, 0.6) is 5.75 Å². The van der Waals surface area contributed by atoms with Crippen molar-refractivity contribution in [2.75, 3.05) is 13.2 Å². The second-order valence-corrected chi connectivity index (χ2v) is 11.5. The third-order valence-corrected chi connectivity index (χ3v) is 7.20. The summed E-state index contributed by atoms with van der Waals surface area (Å²) in [5.74, 6) is -1.12. The Morgan fingerprint density at radius 1 is 1.06 bits per heavy atom. The molecule has 0 heterocycles. The SMILES string of the molecule is CCOP(=O)(OCC)C(N(OC(C)C(=O)Oc1ccc(C#N)cc1)C(C)(C)C)C(C)(C)C. The number of nitriles is 1. The molecule has 0 aliphatic carbocycles. The van der Waals surface area contributed by atoms with Crippen LogP contribution in [0.4, 0.5) is 0 Å². The number of ether oxygens (including phenoxy) is 1. The van der Waals surface area contributed by atoms with E-state index in [0.29, 0.717) is 11.3 Å². The van der Waals surface area contributed by atoms with Gasteiger partial charge in [0.25, 0.3) is 0 Å². The van der Waals surface area contributed by atoms with E-state index in [-0.39, 0.29) is 13.2 Å². The summed E-state index contributed by atoms with van der Waals surface area (Å²) < 4.78 is 30.6. The molecule has 32 heavy (non-hydrogen) atoms. The summed E-state index contributed by atoms with van der Waals surface area (Å²) in [7, 11) is -3.65. The third-order valence-electron chi connectivity index (χ3n) is 4.38. The molecule has 0 saturated heterocycles. The standard InChI is InChI=1S/C23H37N2O6P/c1-10-28-32(27,29-11-2)21(22(4,5)6)25(23(7,8)9)31-17(3)20(26)30-19-14-12-18(16-24)13-15-19/h12-15,17,21H,10-11H2,1-9H3. The number of carbonyl (C=O) groups excluding carboxylic acids is 1. The maximum Gasteiger partial charge on any atom is 0.350 e. The molecule has 0 spiro atoms. The molecule has 0 N–H and O–H groups in total. The molecule has 0 aliphatic heterocycles. The van der Waals surface area contributed by atoms with E-state index in [9.17, 15) is 9.36 Å². The van der Waals surface area contributed by atoms with Crippen molar-refractivity contribution in [1.82, 2.24) is 5.06 Å². The maximum atomic E-state index is 13.8. The summed E-state index contributed by atoms with van der Waals surface area (Å²) >= 11 is 0. The van der Waals surface area contributed by atoms with Gasteiger partial charge in [-0.3, -0.25) is 9.40 Å². The zero-order valence-corrected chi connectivity index (χ0v) is 21.6. The van der Waals surface area contributed by atoms with Crippen LogP contribution in [0, 0.1) is 16.7 Å². The summed E-state index contributed by atoms with van der Waals surface area (Å²) in [5, 5.41) is 10.5. The third kappa shape index (κ3) is 7.68. The molecule has 1 rings (SSSR count). The molecule has 0 bridgehead atoms. The van der Waals surface area contributed by atoms with Gasteiger partial charge in [0.2, 0.25) is 0 Å².